The molecule has 0 fully saturated rings. The molecule has 0 spiro atoms. The predicted molar refractivity (Wildman–Crippen MR) is 59.6 cm³/mol. The largest absolute Gasteiger partial charge is 0.493 e. The number of benzene rings is 1. The summed E-state index contributed by atoms with van der Waals surface area (Å²) in [5.41, 5.74) is 2.53. The molecule has 1 heterocycles. The number of alkyl halides is 1. The zero-order valence-electron chi connectivity index (χ0n) is 8.29. The van der Waals surface area contributed by atoms with Crippen molar-refractivity contribution in [1.82, 2.24) is 0 Å². The smallest absolute Gasteiger partial charge is 0.122 e. The number of ether oxygens (including phenoxy) is 1. The Balaban J connectivity index is 2.19. The predicted octanol–water partition coefficient (Wildman–Crippen LogP) is 2.30. The second-order valence-electron chi connectivity index (χ2n) is 3.50. The molecule has 2 rings (SSSR count). The molecule has 0 aromatic heterocycles. The van der Waals surface area contributed by atoms with Crippen LogP contribution < -0.4 is 9.64 Å². The molecule has 0 unspecified atom stereocenters. The average Bonchev–Trinajstić information content (AvgIpc) is 2.64. The van der Waals surface area contributed by atoms with Crippen molar-refractivity contribution in [2.45, 2.75) is 6.42 Å². The molecule has 76 valence electrons. The lowest BCUT2D eigenvalue weighted by Gasteiger charge is -2.18. The maximum absolute atomic E-state index is 5.70. The SMILES string of the molecule is CN(CCCl)c1ccc2c(c1)CCO2. The molecule has 1 aliphatic rings. The van der Waals surface area contributed by atoms with E-state index in [4.69, 9.17) is 16.3 Å². The molecule has 0 aliphatic carbocycles. The molecular formula is C11H14ClNO. The fourth-order valence-corrected chi connectivity index (χ4v) is 1.92. The third kappa shape index (κ3) is 1.80. The first-order valence-electron chi connectivity index (χ1n) is 4.84. The van der Waals surface area contributed by atoms with Gasteiger partial charge in [-0.15, -0.1) is 11.6 Å². The Morgan fingerprint density at radius 1 is 1.50 bits per heavy atom. The second kappa shape index (κ2) is 4.09. The van der Waals surface area contributed by atoms with Gasteiger partial charge in [-0.05, 0) is 23.8 Å². The van der Waals surface area contributed by atoms with Crippen LogP contribution in [0.2, 0.25) is 0 Å². The highest BCUT2D eigenvalue weighted by Crippen LogP contribution is 2.28. The van der Waals surface area contributed by atoms with Crippen LogP contribution in [0.25, 0.3) is 0 Å². The number of anilines is 1. The van der Waals surface area contributed by atoms with Crippen molar-refractivity contribution in [1.29, 1.82) is 0 Å². The van der Waals surface area contributed by atoms with Gasteiger partial charge in [-0.1, -0.05) is 0 Å². The first-order chi connectivity index (χ1) is 6.81. The van der Waals surface area contributed by atoms with Gasteiger partial charge in [0.1, 0.15) is 5.75 Å². The third-order valence-corrected chi connectivity index (χ3v) is 2.70. The lowest BCUT2D eigenvalue weighted by atomic mass is 10.1. The summed E-state index contributed by atoms with van der Waals surface area (Å²) in [6, 6.07) is 6.31. The van der Waals surface area contributed by atoms with Crippen LogP contribution in [-0.2, 0) is 6.42 Å². The van der Waals surface area contributed by atoms with Gasteiger partial charge in [-0.25, -0.2) is 0 Å². The van der Waals surface area contributed by atoms with E-state index in [2.05, 4.69) is 24.1 Å². The number of nitrogens with zero attached hydrogens (tertiary/aromatic N) is 1. The van der Waals surface area contributed by atoms with Crippen molar-refractivity contribution < 1.29 is 4.74 Å². The molecule has 0 bridgehead atoms. The minimum atomic E-state index is 0.657. The Kier molecular flexibility index (Phi) is 2.82. The summed E-state index contributed by atoms with van der Waals surface area (Å²) in [5.74, 6) is 1.69. The molecule has 3 heteroatoms. The van der Waals surface area contributed by atoms with Gasteiger partial charge < -0.3 is 9.64 Å². The van der Waals surface area contributed by atoms with E-state index < -0.39 is 0 Å². The van der Waals surface area contributed by atoms with Crippen LogP contribution >= 0.6 is 11.6 Å². The maximum Gasteiger partial charge on any atom is 0.122 e. The highest BCUT2D eigenvalue weighted by Gasteiger charge is 2.12. The van der Waals surface area contributed by atoms with Crippen molar-refractivity contribution in [3.63, 3.8) is 0 Å². The van der Waals surface area contributed by atoms with Crippen molar-refractivity contribution in [3.8, 4) is 5.75 Å². The van der Waals surface area contributed by atoms with Crippen LogP contribution in [0.3, 0.4) is 0 Å². The Morgan fingerprint density at radius 3 is 3.14 bits per heavy atom. The van der Waals surface area contributed by atoms with Gasteiger partial charge in [0.25, 0.3) is 0 Å². The molecule has 0 N–H and O–H groups in total. The summed E-state index contributed by atoms with van der Waals surface area (Å²) >= 11 is 5.70. The number of fused-ring (bicyclic) bond motifs is 1. The van der Waals surface area contributed by atoms with Gasteiger partial charge in [0.05, 0.1) is 6.61 Å². The van der Waals surface area contributed by atoms with Gasteiger partial charge in [-0.3, -0.25) is 0 Å². The minimum Gasteiger partial charge on any atom is -0.493 e. The highest BCUT2D eigenvalue weighted by molar-refractivity contribution is 6.18. The molecule has 0 saturated heterocycles. The van der Waals surface area contributed by atoms with E-state index in [1.54, 1.807) is 0 Å². The van der Waals surface area contributed by atoms with Crippen molar-refractivity contribution in [2.75, 3.05) is 31.0 Å². The van der Waals surface area contributed by atoms with Gasteiger partial charge >= 0.3 is 0 Å². The molecule has 1 aromatic carbocycles. The molecule has 0 saturated carbocycles. The van der Waals surface area contributed by atoms with Crippen LogP contribution in [0.5, 0.6) is 5.75 Å². The van der Waals surface area contributed by atoms with E-state index in [-0.39, 0.29) is 0 Å². The van der Waals surface area contributed by atoms with Gasteiger partial charge in [0.2, 0.25) is 0 Å². The average molecular weight is 212 g/mol. The van der Waals surface area contributed by atoms with Crippen LogP contribution in [0.15, 0.2) is 18.2 Å². The van der Waals surface area contributed by atoms with Gasteiger partial charge in [0, 0.05) is 31.6 Å². The molecule has 0 radical (unpaired) electrons. The Morgan fingerprint density at radius 2 is 2.36 bits per heavy atom. The van der Waals surface area contributed by atoms with Crippen LogP contribution in [0.4, 0.5) is 5.69 Å². The number of hydrogen-bond donors (Lipinski definition) is 0. The number of rotatable bonds is 3. The van der Waals surface area contributed by atoms with Crippen LogP contribution in [0, 0.1) is 0 Å². The molecule has 0 amide bonds. The molecule has 1 aromatic rings. The normalized spacial score (nSPS) is 13.6. The highest BCUT2D eigenvalue weighted by atomic mass is 35.5. The monoisotopic (exact) mass is 211 g/mol. The van der Waals surface area contributed by atoms with E-state index in [9.17, 15) is 0 Å². The Hall–Kier alpha value is -0.890. The van der Waals surface area contributed by atoms with Crippen LogP contribution in [-0.4, -0.2) is 26.1 Å². The summed E-state index contributed by atoms with van der Waals surface area (Å²) in [6.45, 7) is 1.69. The lowest BCUT2D eigenvalue weighted by Crippen LogP contribution is -2.19. The van der Waals surface area contributed by atoms with Crippen molar-refractivity contribution in [2.24, 2.45) is 0 Å². The summed E-state index contributed by atoms with van der Waals surface area (Å²) < 4.78 is 5.45. The van der Waals surface area contributed by atoms with E-state index >= 15 is 0 Å². The minimum absolute atomic E-state index is 0.657. The fraction of sp³-hybridized carbons (Fsp3) is 0.455. The van der Waals surface area contributed by atoms with Crippen molar-refractivity contribution >= 4 is 17.3 Å². The van der Waals surface area contributed by atoms with Gasteiger partial charge in [0.15, 0.2) is 0 Å². The second-order valence-corrected chi connectivity index (χ2v) is 3.88. The summed E-state index contributed by atoms with van der Waals surface area (Å²) in [5, 5.41) is 0. The topological polar surface area (TPSA) is 12.5 Å². The summed E-state index contributed by atoms with van der Waals surface area (Å²) in [4.78, 5) is 2.16. The first-order valence-corrected chi connectivity index (χ1v) is 5.37. The fourth-order valence-electron chi connectivity index (χ4n) is 1.67. The van der Waals surface area contributed by atoms with E-state index in [1.165, 1.54) is 11.3 Å². The van der Waals surface area contributed by atoms with E-state index in [1.807, 2.05) is 6.07 Å². The Labute approximate surface area is 89.4 Å². The standard InChI is InChI=1S/C11H14ClNO/c1-13(6-5-12)10-2-3-11-9(8-10)4-7-14-11/h2-3,8H,4-7H2,1H3. The first kappa shape index (κ1) is 9.66. The Bertz CT molecular complexity index is 327. The summed E-state index contributed by atoms with van der Waals surface area (Å²) in [7, 11) is 2.06. The number of hydrogen-bond acceptors (Lipinski definition) is 2. The molecular weight excluding hydrogens is 198 g/mol. The number of halogens is 1. The lowest BCUT2D eigenvalue weighted by molar-refractivity contribution is 0.357. The molecule has 1 aliphatic heterocycles. The quantitative estimate of drug-likeness (QED) is 0.712. The third-order valence-electron chi connectivity index (χ3n) is 2.53. The zero-order chi connectivity index (χ0) is 9.97. The van der Waals surface area contributed by atoms with E-state index in [0.717, 1.165) is 25.3 Å². The maximum atomic E-state index is 5.70. The zero-order valence-corrected chi connectivity index (χ0v) is 9.05. The van der Waals surface area contributed by atoms with Crippen LogP contribution in [0.1, 0.15) is 5.56 Å². The molecule has 0 atom stereocenters. The molecule has 2 nitrogen and oxygen atoms in total. The summed E-state index contributed by atoms with van der Waals surface area (Å²) in [6.07, 6.45) is 1.03. The molecule has 14 heavy (non-hydrogen) atoms. The van der Waals surface area contributed by atoms with Gasteiger partial charge in [-0.2, -0.15) is 0 Å². The van der Waals surface area contributed by atoms with Crippen molar-refractivity contribution in [3.05, 3.63) is 23.8 Å². The van der Waals surface area contributed by atoms with E-state index in [0.29, 0.717) is 5.88 Å².